The average Bonchev–Trinajstić information content (AvgIpc) is 2.72. The minimum absolute atomic E-state index is 0.0512. The number of aromatic nitrogens is 2. The van der Waals surface area contributed by atoms with Crippen molar-refractivity contribution in [2.24, 2.45) is 0 Å². The van der Waals surface area contributed by atoms with Gasteiger partial charge < -0.3 is 20.3 Å². The molecule has 0 aliphatic rings. The lowest BCUT2D eigenvalue weighted by Crippen LogP contribution is -2.23. The van der Waals surface area contributed by atoms with Crippen LogP contribution < -0.4 is 5.73 Å². The molecule has 98 valence electrons. The summed E-state index contributed by atoms with van der Waals surface area (Å²) in [5, 5.41) is 9.38. The third-order valence-electron chi connectivity index (χ3n) is 3.24. The van der Waals surface area contributed by atoms with Crippen molar-refractivity contribution >= 4 is 16.7 Å². The molecule has 0 saturated carbocycles. The van der Waals surface area contributed by atoms with Crippen LogP contribution in [-0.4, -0.2) is 39.7 Å². The molecule has 0 bridgehead atoms. The molecule has 0 aliphatic carbocycles. The Morgan fingerprint density at radius 3 is 2.89 bits per heavy atom. The molecule has 0 radical (unpaired) electrons. The summed E-state index contributed by atoms with van der Waals surface area (Å²) in [4.78, 5) is 6.64. The minimum Gasteiger partial charge on any atom is -0.399 e. The summed E-state index contributed by atoms with van der Waals surface area (Å²) in [6.07, 6.45) is 0. The summed E-state index contributed by atoms with van der Waals surface area (Å²) < 4.78 is 2.06. The molecule has 2 rings (SSSR count). The van der Waals surface area contributed by atoms with Gasteiger partial charge in [0.1, 0.15) is 12.4 Å². The van der Waals surface area contributed by atoms with E-state index in [1.165, 1.54) is 0 Å². The van der Waals surface area contributed by atoms with Crippen molar-refractivity contribution < 1.29 is 5.11 Å². The Morgan fingerprint density at radius 2 is 2.22 bits per heavy atom. The van der Waals surface area contributed by atoms with E-state index in [9.17, 15) is 5.11 Å². The van der Waals surface area contributed by atoms with Crippen molar-refractivity contribution in [1.82, 2.24) is 14.5 Å². The summed E-state index contributed by atoms with van der Waals surface area (Å²) in [5.74, 6) is 0.695. The molecule has 0 fully saturated rings. The van der Waals surface area contributed by atoms with Crippen molar-refractivity contribution in [3.8, 4) is 0 Å². The second-order valence-electron chi connectivity index (χ2n) is 4.48. The van der Waals surface area contributed by atoms with E-state index in [0.717, 1.165) is 30.7 Å². The first-order chi connectivity index (χ1) is 8.65. The van der Waals surface area contributed by atoms with Crippen LogP contribution in [0.3, 0.4) is 0 Å². The number of hydrogen-bond donors (Lipinski definition) is 2. The quantitative estimate of drug-likeness (QED) is 0.777. The molecule has 1 aromatic heterocycles. The van der Waals surface area contributed by atoms with E-state index in [4.69, 9.17) is 5.73 Å². The van der Waals surface area contributed by atoms with Gasteiger partial charge in [-0.25, -0.2) is 4.98 Å². The first kappa shape index (κ1) is 12.9. The number of imidazole rings is 1. The number of nitrogens with two attached hydrogens (primary N) is 1. The summed E-state index contributed by atoms with van der Waals surface area (Å²) in [6, 6.07) is 5.67. The molecule has 0 saturated heterocycles. The van der Waals surface area contributed by atoms with E-state index < -0.39 is 0 Å². The predicted octanol–water partition coefficient (Wildman–Crippen LogP) is 1.06. The fourth-order valence-corrected chi connectivity index (χ4v) is 2.00. The zero-order valence-electron chi connectivity index (χ0n) is 10.9. The lowest BCUT2D eigenvalue weighted by atomic mass is 10.3. The SMILES string of the molecule is CCN(C)CCn1c(CO)nc2cc(N)ccc21. The largest absolute Gasteiger partial charge is 0.399 e. The molecule has 1 aromatic carbocycles. The fourth-order valence-electron chi connectivity index (χ4n) is 2.00. The highest BCUT2D eigenvalue weighted by Crippen LogP contribution is 2.19. The number of nitrogens with zero attached hydrogens (tertiary/aromatic N) is 3. The second kappa shape index (κ2) is 5.37. The molecule has 5 heteroatoms. The Kier molecular flexibility index (Phi) is 3.84. The van der Waals surface area contributed by atoms with Crippen molar-refractivity contribution in [2.75, 3.05) is 25.9 Å². The lowest BCUT2D eigenvalue weighted by Gasteiger charge is -2.15. The van der Waals surface area contributed by atoms with Crippen LogP contribution >= 0.6 is 0 Å². The number of nitrogen functional groups attached to an aromatic ring is 1. The molecule has 5 nitrogen and oxygen atoms in total. The van der Waals surface area contributed by atoms with Gasteiger partial charge in [-0.05, 0) is 31.8 Å². The van der Waals surface area contributed by atoms with Gasteiger partial charge in [0.15, 0.2) is 0 Å². The Labute approximate surface area is 107 Å². The average molecular weight is 248 g/mol. The van der Waals surface area contributed by atoms with Gasteiger partial charge in [-0.1, -0.05) is 6.92 Å². The number of aliphatic hydroxyl groups excluding tert-OH is 1. The minimum atomic E-state index is -0.0512. The third kappa shape index (κ3) is 2.47. The summed E-state index contributed by atoms with van der Waals surface area (Å²) >= 11 is 0. The second-order valence-corrected chi connectivity index (χ2v) is 4.48. The van der Waals surface area contributed by atoms with Crippen LogP contribution in [0.2, 0.25) is 0 Å². The molecule has 0 atom stereocenters. The van der Waals surface area contributed by atoms with Gasteiger partial charge in [0, 0.05) is 18.8 Å². The van der Waals surface area contributed by atoms with E-state index in [0.29, 0.717) is 11.5 Å². The van der Waals surface area contributed by atoms with Gasteiger partial charge in [-0.15, -0.1) is 0 Å². The predicted molar refractivity (Wildman–Crippen MR) is 73.2 cm³/mol. The molecule has 2 aromatic rings. The molecule has 0 aliphatic heterocycles. The van der Waals surface area contributed by atoms with Gasteiger partial charge >= 0.3 is 0 Å². The molecule has 18 heavy (non-hydrogen) atoms. The number of likely N-dealkylation sites (N-methyl/N-ethyl adjacent to an activating group) is 1. The summed E-state index contributed by atoms with van der Waals surface area (Å²) in [5.41, 5.74) is 8.32. The number of aliphatic hydroxyl groups is 1. The van der Waals surface area contributed by atoms with Crippen LogP contribution in [0.5, 0.6) is 0 Å². The Balaban J connectivity index is 2.34. The number of benzene rings is 1. The fraction of sp³-hybridized carbons (Fsp3) is 0.462. The Morgan fingerprint density at radius 1 is 1.44 bits per heavy atom. The van der Waals surface area contributed by atoms with Gasteiger partial charge in [-0.3, -0.25) is 0 Å². The van der Waals surface area contributed by atoms with Gasteiger partial charge in [-0.2, -0.15) is 0 Å². The van der Waals surface area contributed by atoms with E-state index >= 15 is 0 Å². The monoisotopic (exact) mass is 248 g/mol. The van der Waals surface area contributed by atoms with E-state index in [-0.39, 0.29) is 6.61 Å². The highest BCUT2D eigenvalue weighted by Gasteiger charge is 2.10. The van der Waals surface area contributed by atoms with Crippen LogP contribution in [0.4, 0.5) is 5.69 Å². The van der Waals surface area contributed by atoms with Gasteiger partial charge in [0.25, 0.3) is 0 Å². The standard InChI is InChI=1S/C13H20N4O/c1-3-16(2)6-7-17-12-5-4-10(14)8-11(12)15-13(17)9-18/h4-5,8,18H,3,6-7,9,14H2,1-2H3. The number of fused-ring (bicyclic) bond motifs is 1. The first-order valence-corrected chi connectivity index (χ1v) is 6.19. The number of hydrogen-bond acceptors (Lipinski definition) is 4. The van der Waals surface area contributed by atoms with Crippen molar-refractivity contribution in [2.45, 2.75) is 20.1 Å². The molecule has 0 amide bonds. The smallest absolute Gasteiger partial charge is 0.135 e. The molecular formula is C13H20N4O. The maximum absolute atomic E-state index is 9.38. The number of rotatable bonds is 5. The topological polar surface area (TPSA) is 67.3 Å². The van der Waals surface area contributed by atoms with Crippen molar-refractivity contribution in [1.29, 1.82) is 0 Å². The molecule has 0 spiro atoms. The summed E-state index contributed by atoms with van der Waals surface area (Å²) in [6.45, 7) is 4.83. The molecule has 3 N–H and O–H groups in total. The van der Waals surface area contributed by atoms with Crippen LogP contribution in [0.25, 0.3) is 11.0 Å². The number of anilines is 1. The van der Waals surface area contributed by atoms with Gasteiger partial charge in [0.2, 0.25) is 0 Å². The Bertz CT molecular complexity index is 535. The van der Waals surface area contributed by atoms with Gasteiger partial charge in [0.05, 0.1) is 11.0 Å². The first-order valence-electron chi connectivity index (χ1n) is 6.19. The maximum atomic E-state index is 9.38. The lowest BCUT2D eigenvalue weighted by molar-refractivity contribution is 0.261. The zero-order valence-corrected chi connectivity index (χ0v) is 10.9. The maximum Gasteiger partial charge on any atom is 0.135 e. The van der Waals surface area contributed by atoms with Crippen LogP contribution in [0.1, 0.15) is 12.7 Å². The highest BCUT2D eigenvalue weighted by atomic mass is 16.3. The van der Waals surface area contributed by atoms with Crippen LogP contribution in [0, 0.1) is 0 Å². The van der Waals surface area contributed by atoms with Crippen molar-refractivity contribution in [3.05, 3.63) is 24.0 Å². The zero-order chi connectivity index (χ0) is 13.1. The van der Waals surface area contributed by atoms with Crippen LogP contribution in [0.15, 0.2) is 18.2 Å². The van der Waals surface area contributed by atoms with Crippen LogP contribution in [-0.2, 0) is 13.2 Å². The molecular weight excluding hydrogens is 228 g/mol. The molecule has 1 heterocycles. The highest BCUT2D eigenvalue weighted by molar-refractivity contribution is 5.79. The normalized spacial score (nSPS) is 11.6. The van der Waals surface area contributed by atoms with E-state index in [2.05, 4.69) is 28.4 Å². The third-order valence-corrected chi connectivity index (χ3v) is 3.24. The Hall–Kier alpha value is -1.59. The van der Waals surface area contributed by atoms with Crippen molar-refractivity contribution in [3.63, 3.8) is 0 Å². The molecule has 0 unspecified atom stereocenters. The van der Waals surface area contributed by atoms with E-state index in [1.807, 2.05) is 18.2 Å². The van der Waals surface area contributed by atoms with E-state index in [1.54, 1.807) is 0 Å². The summed E-state index contributed by atoms with van der Waals surface area (Å²) in [7, 11) is 2.08.